The molecule has 0 heterocycles. The number of unbranched alkanes of at least 4 members (excludes halogenated alkanes) is 45. The summed E-state index contributed by atoms with van der Waals surface area (Å²) >= 11 is 0. The second-order valence-electron chi connectivity index (χ2n) is 26.9. The van der Waals surface area contributed by atoms with Gasteiger partial charge in [0.25, 0.3) is 0 Å². The zero-order valence-electron chi connectivity index (χ0n) is 60.4. The molecule has 3 N–H and O–H groups in total. The third-order valence-corrected chi connectivity index (χ3v) is 19.5. The van der Waals surface area contributed by atoms with Crippen LogP contribution in [0.3, 0.4) is 0 Å². The Kier molecular flexibility index (Phi) is 65.9. The second kappa shape index (κ2) is 67.3. The van der Waals surface area contributed by atoms with Gasteiger partial charge < -0.3 is 33.8 Å². The van der Waals surface area contributed by atoms with Crippen LogP contribution in [0.2, 0.25) is 0 Å². The van der Waals surface area contributed by atoms with Crippen LogP contribution in [0.1, 0.15) is 388 Å². The molecule has 6 atom stereocenters. The first-order valence-corrected chi connectivity index (χ1v) is 41.7. The number of hydrogen-bond donors (Lipinski definition) is 3. The maximum Gasteiger partial charge on any atom is 0.472 e. The Morgan fingerprint density at radius 3 is 0.763 bits per heavy atom. The molecule has 0 saturated heterocycles. The minimum atomic E-state index is -4.95. The Balaban J connectivity index is 5.10. The third kappa shape index (κ3) is 67.0. The van der Waals surface area contributed by atoms with Gasteiger partial charge in [0, 0.05) is 25.7 Å². The van der Waals surface area contributed by atoms with Crippen molar-refractivity contribution in [2.45, 2.75) is 406 Å². The molecule has 0 saturated carbocycles. The van der Waals surface area contributed by atoms with Gasteiger partial charge in [0.2, 0.25) is 0 Å². The fourth-order valence-corrected chi connectivity index (χ4v) is 12.9. The molecule has 0 aromatic heterocycles. The predicted octanol–water partition coefficient (Wildman–Crippen LogP) is 21.7. The molecule has 0 bridgehead atoms. The number of ether oxygens (including phenoxy) is 4. The first-order chi connectivity index (χ1) is 45.1. The van der Waals surface area contributed by atoms with Gasteiger partial charge in [0.05, 0.1) is 26.4 Å². The third-order valence-electron chi connectivity index (χ3n) is 17.6. The van der Waals surface area contributed by atoms with Gasteiger partial charge in [-0.05, 0) is 31.6 Å². The number of hydrogen-bond acceptors (Lipinski definition) is 15. The van der Waals surface area contributed by atoms with Crippen molar-refractivity contribution in [3.8, 4) is 0 Å². The first-order valence-electron chi connectivity index (χ1n) is 38.7. The fraction of sp³-hybridized carbons (Fsp3) is 0.946. The lowest BCUT2D eigenvalue weighted by atomic mass is 9.99. The van der Waals surface area contributed by atoms with Crippen LogP contribution in [0.5, 0.6) is 0 Å². The smallest absolute Gasteiger partial charge is 0.462 e. The Bertz CT molecular complexity index is 1790. The number of carbonyl (C=O) groups excluding carboxylic acids is 4. The van der Waals surface area contributed by atoms with Crippen molar-refractivity contribution in [2.24, 2.45) is 5.92 Å². The molecule has 0 aliphatic heterocycles. The van der Waals surface area contributed by atoms with E-state index in [-0.39, 0.29) is 25.7 Å². The highest BCUT2D eigenvalue weighted by molar-refractivity contribution is 7.47. The highest BCUT2D eigenvalue weighted by atomic mass is 31.2. The monoisotopic (exact) mass is 1370 g/mol. The summed E-state index contributed by atoms with van der Waals surface area (Å²) in [6.07, 6.45) is 55.8. The minimum Gasteiger partial charge on any atom is -0.462 e. The van der Waals surface area contributed by atoms with Crippen molar-refractivity contribution in [1.82, 2.24) is 0 Å². The number of phosphoric ester groups is 2. The number of rotatable bonds is 74. The molecule has 19 heteroatoms. The molecule has 0 fully saturated rings. The van der Waals surface area contributed by atoms with Crippen LogP contribution in [0.25, 0.3) is 0 Å². The molecule has 552 valence electrons. The summed E-state index contributed by atoms with van der Waals surface area (Å²) in [6, 6.07) is 0. The van der Waals surface area contributed by atoms with Crippen molar-refractivity contribution in [2.75, 3.05) is 39.6 Å². The standard InChI is InChI=1S/C74H144O17P2/c1-6-10-13-16-18-20-22-24-32-36-39-43-48-53-58-72(77)85-64-70(91-74(79)60-55-50-45-41-37-33-30-28-26-25-27-29-31-34-38-42-47-51-56-67(5)9-4)66-89-93(82,83)87-62-68(75)61-86-92(80,81)88-65-69(63-84-71(76)57-52-46-15-12-8-3)90-73(78)59-54-49-44-40-35-23-21-19-17-14-11-7-2/h67-70,75H,6-66H2,1-5H3,(H,80,81)(H,82,83)/t67?,68-,69+,70+/m0/s1. The Morgan fingerprint density at radius 2 is 0.516 bits per heavy atom. The van der Waals surface area contributed by atoms with Crippen LogP contribution >= 0.6 is 15.6 Å². The van der Waals surface area contributed by atoms with Gasteiger partial charge in [0.15, 0.2) is 12.2 Å². The number of aliphatic hydroxyl groups excluding tert-OH is 1. The Morgan fingerprint density at radius 1 is 0.301 bits per heavy atom. The van der Waals surface area contributed by atoms with Gasteiger partial charge in [-0.2, -0.15) is 0 Å². The molecule has 17 nitrogen and oxygen atoms in total. The zero-order valence-corrected chi connectivity index (χ0v) is 62.2. The second-order valence-corrected chi connectivity index (χ2v) is 29.8. The Hall–Kier alpha value is -1.94. The average molecular weight is 1370 g/mol. The molecule has 0 aliphatic carbocycles. The Labute approximate surface area is 568 Å². The van der Waals surface area contributed by atoms with Crippen LogP contribution in [0.4, 0.5) is 0 Å². The normalized spacial score (nSPS) is 14.3. The highest BCUT2D eigenvalue weighted by Crippen LogP contribution is 2.45. The van der Waals surface area contributed by atoms with Crippen molar-refractivity contribution in [3.05, 3.63) is 0 Å². The highest BCUT2D eigenvalue weighted by Gasteiger charge is 2.30. The van der Waals surface area contributed by atoms with Crippen LogP contribution in [0, 0.1) is 5.92 Å². The maximum atomic E-state index is 13.1. The molecule has 0 amide bonds. The first kappa shape index (κ1) is 91.1. The molecule has 0 aromatic rings. The predicted molar refractivity (Wildman–Crippen MR) is 377 cm³/mol. The number of aliphatic hydroxyl groups is 1. The summed E-state index contributed by atoms with van der Waals surface area (Å²) in [5.74, 6) is -1.26. The van der Waals surface area contributed by atoms with Crippen molar-refractivity contribution in [1.29, 1.82) is 0 Å². The number of carbonyl (C=O) groups is 4. The summed E-state index contributed by atoms with van der Waals surface area (Å²) in [4.78, 5) is 72.4. The zero-order chi connectivity index (χ0) is 68.4. The van der Waals surface area contributed by atoms with E-state index in [0.29, 0.717) is 25.7 Å². The van der Waals surface area contributed by atoms with Gasteiger partial charge in [-0.1, -0.05) is 336 Å². The quantitative estimate of drug-likeness (QED) is 0.0222. The van der Waals surface area contributed by atoms with Crippen molar-refractivity contribution in [3.63, 3.8) is 0 Å². The molecule has 0 radical (unpaired) electrons. The van der Waals surface area contributed by atoms with Gasteiger partial charge in [-0.3, -0.25) is 37.3 Å². The van der Waals surface area contributed by atoms with E-state index in [4.69, 9.17) is 37.0 Å². The summed E-state index contributed by atoms with van der Waals surface area (Å²) in [5.41, 5.74) is 0. The topological polar surface area (TPSA) is 237 Å². The van der Waals surface area contributed by atoms with Crippen LogP contribution in [0.15, 0.2) is 0 Å². The molecule has 0 aliphatic rings. The SMILES string of the molecule is CCCCCCCCCCCCCCCCC(=O)OC[C@H](COP(=O)(O)OC[C@@H](O)COP(=O)(O)OC[C@@H](COC(=O)CCCCCCC)OC(=O)CCCCCCCCCCCCCC)OC(=O)CCCCCCCCCCCCCCCCCCCCC(C)CC. The van der Waals surface area contributed by atoms with Gasteiger partial charge in [0.1, 0.15) is 19.3 Å². The van der Waals surface area contributed by atoms with E-state index < -0.39 is 97.5 Å². The molecule has 3 unspecified atom stereocenters. The number of phosphoric acid groups is 2. The van der Waals surface area contributed by atoms with E-state index in [1.54, 1.807) is 0 Å². The van der Waals surface area contributed by atoms with Crippen molar-refractivity contribution >= 4 is 39.5 Å². The molecular weight excluding hydrogens is 1220 g/mol. The largest absolute Gasteiger partial charge is 0.472 e. The molecule has 0 rings (SSSR count). The van der Waals surface area contributed by atoms with Gasteiger partial charge in [-0.25, -0.2) is 9.13 Å². The van der Waals surface area contributed by atoms with Crippen LogP contribution < -0.4 is 0 Å². The fourth-order valence-electron chi connectivity index (χ4n) is 11.3. The molecule has 0 aromatic carbocycles. The summed E-state index contributed by atoms with van der Waals surface area (Å²) in [6.45, 7) is 7.26. The lowest BCUT2D eigenvalue weighted by molar-refractivity contribution is -0.161. The van der Waals surface area contributed by atoms with E-state index in [0.717, 1.165) is 102 Å². The minimum absolute atomic E-state index is 0.107. The van der Waals surface area contributed by atoms with E-state index in [2.05, 4.69) is 34.6 Å². The van der Waals surface area contributed by atoms with E-state index in [1.807, 2.05) is 0 Å². The summed E-state index contributed by atoms with van der Waals surface area (Å²) in [7, 11) is -9.89. The van der Waals surface area contributed by atoms with E-state index in [1.165, 1.54) is 205 Å². The van der Waals surface area contributed by atoms with Crippen molar-refractivity contribution < 1.29 is 80.2 Å². The molecule has 0 spiro atoms. The lowest BCUT2D eigenvalue weighted by Gasteiger charge is -2.21. The summed E-state index contributed by atoms with van der Waals surface area (Å²) in [5, 5.41) is 10.6. The van der Waals surface area contributed by atoms with E-state index >= 15 is 0 Å². The summed E-state index contributed by atoms with van der Waals surface area (Å²) < 4.78 is 68.2. The lowest BCUT2D eigenvalue weighted by Crippen LogP contribution is -2.30. The number of esters is 4. The van der Waals surface area contributed by atoms with E-state index in [9.17, 15) is 43.2 Å². The van der Waals surface area contributed by atoms with Gasteiger partial charge >= 0.3 is 39.5 Å². The van der Waals surface area contributed by atoms with Crippen LogP contribution in [-0.4, -0.2) is 96.7 Å². The molecule has 93 heavy (non-hydrogen) atoms. The maximum absolute atomic E-state index is 13.1. The van der Waals surface area contributed by atoms with Crippen LogP contribution in [-0.2, 0) is 65.4 Å². The van der Waals surface area contributed by atoms with Gasteiger partial charge in [-0.15, -0.1) is 0 Å². The molecular formula is C74H144O17P2. The average Bonchev–Trinajstić information content (AvgIpc) is 2.64.